The number of nitrogens with zero attached hydrogens (tertiary/aromatic N) is 2. The van der Waals surface area contributed by atoms with Crippen LogP contribution in [-0.2, 0) is 9.59 Å². The van der Waals surface area contributed by atoms with Crippen LogP contribution in [0.25, 0.3) is 16.6 Å². The number of thioether (sulfide) groups is 1. The minimum Gasteiger partial charge on any atom is -0.346 e. The molecule has 2 N–H and O–H groups in total. The average molecular weight is 515 g/mol. The number of anilines is 1. The highest BCUT2D eigenvalue weighted by Crippen LogP contribution is 2.23. The molecular formula is C29H30N4O3S. The third-order valence-electron chi connectivity index (χ3n) is 6.21. The number of carbonyl (C=O) groups excluding carboxylic acids is 2. The number of hydrogen-bond acceptors (Lipinski definition) is 5. The van der Waals surface area contributed by atoms with Gasteiger partial charge in [-0.1, -0.05) is 47.7 Å². The highest BCUT2D eigenvalue weighted by atomic mass is 32.2. The second kappa shape index (κ2) is 11.0. The Kier molecular flexibility index (Phi) is 7.78. The lowest BCUT2D eigenvalue weighted by Crippen LogP contribution is -2.34. The molecule has 1 aromatic heterocycles. The molecule has 8 heteroatoms. The number of nitrogens with one attached hydrogen (secondary N) is 2. The second-order valence-corrected chi connectivity index (χ2v) is 10.2. The van der Waals surface area contributed by atoms with Crippen LogP contribution in [0.5, 0.6) is 0 Å². The molecule has 0 aliphatic rings. The smallest absolute Gasteiger partial charge is 0.266 e. The van der Waals surface area contributed by atoms with Gasteiger partial charge in [-0.05, 0) is 81.1 Å². The summed E-state index contributed by atoms with van der Waals surface area (Å²) < 4.78 is 1.54. The maximum atomic E-state index is 13.4. The lowest BCUT2D eigenvalue weighted by atomic mass is 10.1. The van der Waals surface area contributed by atoms with Gasteiger partial charge in [0.1, 0.15) is 0 Å². The van der Waals surface area contributed by atoms with Gasteiger partial charge in [0.15, 0.2) is 5.16 Å². The maximum absolute atomic E-state index is 13.4. The summed E-state index contributed by atoms with van der Waals surface area (Å²) in [5.41, 5.74) is 7.07. The minimum atomic E-state index is -0.327. The lowest BCUT2D eigenvalue weighted by Gasteiger charge is -2.15. The SMILES string of the molecule is Cc1cc(C)c(NC(=O)CNC(=O)CSc2nc3ccccc3c(=O)n2-c2ccc(C)c(C)c2)c(C)c1. The van der Waals surface area contributed by atoms with Crippen LogP contribution in [0.1, 0.15) is 27.8 Å². The Morgan fingerprint density at radius 2 is 1.57 bits per heavy atom. The van der Waals surface area contributed by atoms with Gasteiger partial charge in [0.05, 0.1) is 28.9 Å². The summed E-state index contributed by atoms with van der Waals surface area (Å²) in [5.74, 6) is -0.623. The summed E-state index contributed by atoms with van der Waals surface area (Å²) in [4.78, 5) is 43.2. The number of aryl methyl sites for hydroxylation is 5. The van der Waals surface area contributed by atoms with Gasteiger partial charge in [0.25, 0.3) is 5.56 Å². The predicted molar refractivity (Wildman–Crippen MR) is 150 cm³/mol. The molecule has 0 atom stereocenters. The van der Waals surface area contributed by atoms with Gasteiger partial charge >= 0.3 is 0 Å². The zero-order valence-corrected chi connectivity index (χ0v) is 22.5. The topological polar surface area (TPSA) is 93.1 Å². The van der Waals surface area contributed by atoms with E-state index in [1.54, 1.807) is 22.8 Å². The molecule has 7 nitrogen and oxygen atoms in total. The van der Waals surface area contributed by atoms with Gasteiger partial charge in [0.2, 0.25) is 11.8 Å². The van der Waals surface area contributed by atoms with Gasteiger partial charge in [-0.25, -0.2) is 4.98 Å². The first-order valence-electron chi connectivity index (χ1n) is 12.0. The van der Waals surface area contributed by atoms with Crippen LogP contribution in [0, 0.1) is 34.6 Å². The van der Waals surface area contributed by atoms with Crippen molar-refractivity contribution >= 4 is 40.2 Å². The Morgan fingerprint density at radius 3 is 2.27 bits per heavy atom. The Balaban J connectivity index is 1.49. The van der Waals surface area contributed by atoms with Gasteiger partial charge in [0, 0.05) is 5.69 Å². The Morgan fingerprint density at radius 1 is 0.865 bits per heavy atom. The van der Waals surface area contributed by atoms with E-state index < -0.39 is 0 Å². The first-order valence-corrected chi connectivity index (χ1v) is 13.0. The Bertz CT molecular complexity index is 1550. The Hall–Kier alpha value is -3.91. The van der Waals surface area contributed by atoms with Gasteiger partial charge in [-0.15, -0.1) is 0 Å². The second-order valence-electron chi connectivity index (χ2n) is 9.21. The van der Waals surface area contributed by atoms with Crippen molar-refractivity contribution in [2.24, 2.45) is 0 Å². The summed E-state index contributed by atoms with van der Waals surface area (Å²) in [6.07, 6.45) is 0. The molecule has 37 heavy (non-hydrogen) atoms. The predicted octanol–water partition coefficient (Wildman–Crippen LogP) is 4.77. The molecular weight excluding hydrogens is 484 g/mol. The van der Waals surface area contributed by atoms with Crippen LogP contribution in [0.15, 0.2) is 64.5 Å². The molecule has 0 radical (unpaired) electrons. The highest BCUT2D eigenvalue weighted by Gasteiger charge is 2.16. The van der Waals surface area contributed by atoms with E-state index in [4.69, 9.17) is 0 Å². The lowest BCUT2D eigenvalue weighted by molar-refractivity contribution is -0.122. The van der Waals surface area contributed by atoms with Crippen LogP contribution >= 0.6 is 11.8 Å². The van der Waals surface area contributed by atoms with Crippen LogP contribution in [0.2, 0.25) is 0 Å². The molecule has 0 aliphatic carbocycles. The third-order valence-corrected chi connectivity index (χ3v) is 7.15. The molecule has 2 amide bonds. The standard InChI is InChI=1S/C29H30N4O3S/c1-17-12-20(4)27(21(5)13-17)32-25(34)15-30-26(35)16-37-29-31-24-9-7-6-8-23(24)28(36)33(29)22-11-10-18(2)19(3)14-22/h6-14H,15-16H2,1-5H3,(H,30,35)(H,32,34). The minimum absolute atomic E-state index is 0.00545. The number of hydrogen-bond donors (Lipinski definition) is 2. The van der Waals surface area contributed by atoms with Crippen LogP contribution < -0.4 is 16.2 Å². The van der Waals surface area contributed by atoms with Gasteiger partial charge in [-0.2, -0.15) is 0 Å². The average Bonchev–Trinajstić information content (AvgIpc) is 2.85. The monoisotopic (exact) mass is 514 g/mol. The highest BCUT2D eigenvalue weighted by molar-refractivity contribution is 7.99. The zero-order chi connectivity index (χ0) is 26.7. The van der Waals surface area contributed by atoms with Crippen molar-refractivity contribution in [3.63, 3.8) is 0 Å². The van der Waals surface area contributed by atoms with E-state index in [9.17, 15) is 14.4 Å². The van der Waals surface area contributed by atoms with Crippen molar-refractivity contribution in [3.05, 3.63) is 92.8 Å². The largest absolute Gasteiger partial charge is 0.346 e. The van der Waals surface area contributed by atoms with Crippen molar-refractivity contribution in [1.29, 1.82) is 0 Å². The van der Waals surface area contributed by atoms with E-state index in [1.807, 2.05) is 71.0 Å². The van der Waals surface area contributed by atoms with Crippen molar-refractivity contribution < 1.29 is 9.59 Å². The first kappa shape index (κ1) is 26.2. The molecule has 4 rings (SSSR count). The number of aromatic nitrogens is 2. The summed E-state index contributed by atoms with van der Waals surface area (Å²) >= 11 is 1.16. The fraction of sp³-hybridized carbons (Fsp3) is 0.241. The number of benzene rings is 3. The van der Waals surface area contributed by atoms with Crippen molar-refractivity contribution in [3.8, 4) is 5.69 Å². The first-order chi connectivity index (χ1) is 17.6. The quantitative estimate of drug-likeness (QED) is 0.274. The molecule has 0 saturated heterocycles. The number of carbonyl (C=O) groups is 2. The number of amides is 2. The van der Waals surface area contributed by atoms with Crippen LogP contribution in [-0.4, -0.2) is 33.7 Å². The number of fused-ring (bicyclic) bond motifs is 1. The van der Waals surface area contributed by atoms with E-state index in [0.29, 0.717) is 21.7 Å². The Labute approximate surface area is 220 Å². The fourth-order valence-corrected chi connectivity index (χ4v) is 5.06. The van der Waals surface area contributed by atoms with Crippen LogP contribution in [0.3, 0.4) is 0 Å². The van der Waals surface area contributed by atoms with Crippen molar-refractivity contribution in [2.75, 3.05) is 17.6 Å². The zero-order valence-electron chi connectivity index (χ0n) is 21.6. The maximum Gasteiger partial charge on any atom is 0.266 e. The summed E-state index contributed by atoms with van der Waals surface area (Å²) in [6, 6.07) is 17.0. The molecule has 1 heterocycles. The van der Waals surface area contributed by atoms with Gasteiger partial charge in [-0.3, -0.25) is 19.0 Å². The molecule has 0 fully saturated rings. The molecule has 4 aromatic rings. The summed E-state index contributed by atoms with van der Waals surface area (Å²) in [5, 5.41) is 6.47. The molecule has 3 aromatic carbocycles. The summed E-state index contributed by atoms with van der Waals surface area (Å²) in [7, 11) is 0. The summed E-state index contributed by atoms with van der Waals surface area (Å²) in [6.45, 7) is 9.74. The molecule has 0 bridgehead atoms. The number of para-hydroxylation sites is 1. The molecule has 0 unspecified atom stereocenters. The van der Waals surface area contributed by atoms with E-state index >= 15 is 0 Å². The molecule has 0 spiro atoms. The van der Waals surface area contributed by atoms with Crippen molar-refractivity contribution in [2.45, 2.75) is 39.8 Å². The number of rotatable bonds is 7. The third kappa shape index (κ3) is 5.91. The molecule has 190 valence electrons. The van der Waals surface area contributed by atoms with Crippen LogP contribution in [0.4, 0.5) is 5.69 Å². The molecule has 0 aliphatic heterocycles. The van der Waals surface area contributed by atoms with E-state index in [1.165, 1.54) is 0 Å². The van der Waals surface area contributed by atoms with E-state index in [-0.39, 0.29) is 29.7 Å². The van der Waals surface area contributed by atoms with E-state index in [2.05, 4.69) is 15.6 Å². The van der Waals surface area contributed by atoms with Crippen molar-refractivity contribution in [1.82, 2.24) is 14.9 Å². The van der Waals surface area contributed by atoms with Gasteiger partial charge < -0.3 is 10.6 Å². The molecule has 0 saturated carbocycles. The normalized spacial score (nSPS) is 10.9. The fourth-order valence-electron chi connectivity index (χ4n) is 4.22. The van der Waals surface area contributed by atoms with E-state index in [0.717, 1.165) is 45.3 Å².